The summed E-state index contributed by atoms with van der Waals surface area (Å²) in [5, 5.41) is 2.54. The first-order valence-corrected chi connectivity index (χ1v) is 14.9. The molecular formula is C31H32Cl2F7NO4. The van der Waals surface area contributed by atoms with Crippen molar-refractivity contribution in [3.05, 3.63) is 62.6 Å². The van der Waals surface area contributed by atoms with Crippen LogP contribution in [0.25, 0.3) is 0 Å². The van der Waals surface area contributed by atoms with Crippen molar-refractivity contribution in [1.82, 2.24) is 5.32 Å². The monoisotopic (exact) mass is 685 g/mol. The Morgan fingerprint density at radius 1 is 0.978 bits per heavy atom. The van der Waals surface area contributed by atoms with E-state index in [0.717, 1.165) is 13.8 Å². The van der Waals surface area contributed by atoms with Gasteiger partial charge in [-0.25, -0.2) is 17.6 Å². The lowest BCUT2D eigenvalue weighted by Gasteiger charge is -2.28. The molecule has 0 spiro atoms. The van der Waals surface area contributed by atoms with Gasteiger partial charge in [-0.3, -0.25) is 14.4 Å². The molecule has 0 radical (unpaired) electrons. The normalized spacial score (nSPS) is 17.4. The number of hydrogen-bond donors (Lipinski definition) is 1. The zero-order valence-corrected chi connectivity index (χ0v) is 25.9. The lowest BCUT2D eigenvalue weighted by atomic mass is 9.84. The van der Waals surface area contributed by atoms with E-state index < -0.39 is 66.9 Å². The molecule has 1 amide bonds. The van der Waals surface area contributed by atoms with Gasteiger partial charge in [-0.15, -0.1) is 0 Å². The van der Waals surface area contributed by atoms with Gasteiger partial charge in [0.25, 0.3) is 12.3 Å². The molecule has 248 valence electrons. The summed E-state index contributed by atoms with van der Waals surface area (Å²) in [5.41, 5.74) is -2.37. The highest BCUT2D eigenvalue weighted by Crippen LogP contribution is 2.40. The number of aryl methyl sites for hydroxylation is 1. The van der Waals surface area contributed by atoms with E-state index in [1.54, 1.807) is 0 Å². The molecule has 2 aromatic rings. The van der Waals surface area contributed by atoms with Crippen molar-refractivity contribution in [1.29, 1.82) is 0 Å². The average Bonchev–Trinajstić information content (AvgIpc) is 2.95. The summed E-state index contributed by atoms with van der Waals surface area (Å²) in [6, 6.07) is 6.23. The van der Waals surface area contributed by atoms with Gasteiger partial charge in [0.2, 0.25) is 6.43 Å². The number of carbonyl (C=O) groups is 3. The summed E-state index contributed by atoms with van der Waals surface area (Å²) in [4.78, 5) is 38.8. The third-order valence-electron chi connectivity index (χ3n) is 7.96. The fourth-order valence-electron chi connectivity index (χ4n) is 4.96. The smallest absolute Gasteiger partial charge is 0.400 e. The Morgan fingerprint density at radius 2 is 1.62 bits per heavy atom. The second-order valence-electron chi connectivity index (χ2n) is 11.5. The third kappa shape index (κ3) is 9.34. The quantitative estimate of drug-likeness (QED) is 0.169. The van der Waals surface area contributed by atoms with Crippen LogP contribution >= 0.6 is 23.2 Å². The Balaban J connectivity index is 1.80. The fraction of sp³-hybridized carbons (Fsp3) is 0.516. The van der Waals surface area contributed by atoms with Crippen molar-refractivity contribution in [2.45, 2.75) is 83.9 Å². The molecule has 14 heteroatoms. The standard InChI is InChI=1S/C31H32Cl2F7NO4/c1-30(2,31(38,39)40)24(43)12-7-17-6-10-21(32)26(27(17)33)22(42)14-16-3-11-23(45-15-25(34)35)20(13-16)29(44)41-19-8-4-18(5-9-19)28(36)37/h3,6,10-11,13,18-19,25,28H,4-5,7-9,12,14-15H2,1-2H3,(H,41,44). The molecule has 1 aliphatic carbocycles. The molecule has 0 saturated heterocycles. The van der Waals surface area contributed by atoms with Gasteiger partial charge in [0.1, 0.15) is 23.6 Å². The van der Waals surface area contributed by atoms with Crippen LogP contribution in [0.5, 0.6) is 5.75 Å². The molecule has 45 heavy (non-hydrogen) atoms. The number of ketones is 2. The summed E-state index contributed by atoms with van der Waals surface area (Å²) < 4.78 is 96.6. The summed E-state index contributed by atoms with van der Waals surface area (Å²) >= 11 is 12.7. The van der Waals surface area contributed by atoms with Crippen molar-refractivity contribution >= 4 is 40.7 Å². The van der Waals surface area contributed by atoms with Gasteiger partial charge in [-0.1, -0.05) is 35.3 Å². The Kier molecular flexibility index (Phi) is 12.3. The molecular weight excluding hydrogens is 654 g/mol. The highest BCUT2D eigenvalue weighted by Gasteiger charge is 2.52. The summed E-state index contributed by atoms with van der Waals surface area (Å²) in [6.45, 7) is 0.562. The van der Waals surface area contributed by atoms with Gasteiger partial charge in [0, 0.05) is 24.8 Å². The van der Waals surface area contributed by atoms with Crippen LogP contribution in [0.4, 0.5) is 30.7 Å². The van der Waals surface area contributed by atoms with Crippen LogP contribution in [0.1, 0.15) is 77.8 Å². The Hall–Kier alpha value is -2.86. The molecule has 2 aromatic carbocycles. The van der Waals surface area contributed by atoms with E-state index in [-0.39, 0.29) is 63.7 Å². The molecule has 0 heterocycles. The molecule has 1 saturated carbocycles. The van der Waals surface area contributed by atoms with Crippen molar-refractivity contribution in [2.75, 3.05) is 6.61 Å². The topological polar surface area (TPSA) is 72.5 Å². The van der Waals surface area contributed by atoms with Gasteiger partial charge in [0.15, 0.2) is 5.78 Å². The van der Waals surface area contributed by atoms with Crippen LogP contribution in [0.3, 0.4) is 0 Å². The number of benzene rings is 2. The van der Waals surface area contributed by atoms with E-state index in [4.69, 9.17) is 27.9 Å². The first-order chi connectivity index (χ1) is 20.9. The summed E-state index contributed by atoms with van der Waals surface area (Å²) in [5.74, 6) is -3.31. The number of hydrogen-bond acceptors (Lipinski definition) is 4. The van der Waals surface area contributed by atoms with E-state index in [1.807, 2.05) is 0 Å². The Labute approximate surface area is 265 Å². The minimum absolute atomic E-state index is 0.0510. The zero-order valence-electron chi connectivity index (χ0n) is 24.4. The van der Waals surface area contributed by atoms with Crippen LogP contribution in [-0.2, 0) is 17.6 Å². The minimum atomic E-state index is -4.75. The van der Waals surface area contributed by atoms with E-state index in [2.05, 4.69) is 5.32 Å². The number of carbonyl (C=O) groups excluding carboxylic acids is 3. The SMILES string of the molecule is CC(C)(C(=O)CCc1ccc(Cl)c(C(=O)Cc2ccc(OCC(F)F)c(C(=O)NC3CCC(C(F)F)CC3)c2)c1Cl)C(F)(F)F. The molecule has 1 aliphatic rings. The number of rotatable bonds is 13. The highest BCUT2D eigenvalue weighted by molar-refractivity contribution is 6.40. The Bertz CT molecular complexity index is 1390. The first kappa shape index (κ1) is 36.6. The summed E-state index contributed by atoms with van der Waals surface area (Å²) in [6.07, 6.45) is -10.1. The van der Waals surface area contributed by atoms with Gasteiger partial charge in [-0.05, 0) is 75.3 Å². The molecule has 1 N–H and O–H groups in total. The molecule has 5 nitrogen and oxygen atoms in total. The van der Waals surface area contributed by atoms with Crippen molar-refractivity contribution < 1.29 is 49.9 Å². The van der Waals surface area contributed by atoms with E-state index in [9.17, 15) is 45.1 Å². The molecule has 3 rings (SSSR count). The van der Waals surface area contributed by atoms with Gasteiger partial charge in [0.05, 0.1) is 21.2 Å². The van der Waals surface area contributed by atoms with Gasteiger partial charge < -0.3 is 10.1 Å². The van der Waals surface area contributed by atoms with Crippen LogP contribution < -0.4 is 10.1 Å². The molecule has 0 aromatic heterocycles. The maximum absolute atomic E-state index is 13.3. The largest absolute Gasteiger partial charge is 0.487 e. The second kappa shape index (κ2) is 15.2. The maximum Gasteiger partial charge on any atom is 0.400 e. The predicted molar refractivity (Wildman–Crippen MR) is 155 cm³/mol. The van der Waals surface area contributed by atoms with Crippen LogP contribution in [0.15, 0.2) is 30.3 Å². The third-order valence-corrected chi connectivity index (χ3v) is 8.71. The average molecular weight is 686 g/mol. The van der Waals surface area contributed by atoms with Crippen LogP contribution in [0, 0.1) is 11.3 Å². The maximum atomic E-state index is 13.3. The number of alkyl halides is 7. The number of Topliss-reactive ketones (excluding diaryl/α,β-unsaturated/α-hetero) is 2. The van der Waals surface area contributed by atoms with E-state index in [0.29, 0.717) is 12.8 Å². The second-order valence-corrected chi connectivity index (χ2v) is 12.3. The molecule has 0 aliphatic heterocycles. The van der Waals surface area contributed by atoms with Crippen molar-refractivity contribution in [2.24, 2.45) is 11.3 Å². The van der Waals surface area contributed by atoms with Gasteiger partial charge in [-0.2, -0.15) is 13.2 Å². The fourth-order valence-corrected chi connectivity index (χ4v) is 5.63. The van der Waals surface area contributed by atoms with Crippen molar-refractivity contribution in [3.63, 3.8) is 0 Å². The van der Waals surface area contributed by atoms with Crippen molar-refractivity contribution in [3.8, 4) is 5.75 Å². The van der Waals surface area contributed by atoms with Crippen LogP contribution in [-0.4, -0.2) is 49.1 Å². The molecule has 0 unspecified atom stereocenters. The van der Waals surface area contributed by atoms with E-state index in [1.165, 1.54) is 30.3 Å². The number of ether oxygens (including phenoxy) is 1. The lowest BCUT2D eigenvalue weighted by Crippen LogP contribution is -2.39. The predicted octanol–water partition coefficient (Wildman–Crippen LogP) is 8.71. The molecule has 1 fully saturated rings. The first-order valence-electron chi connectivity index (χ1n) is 14.1. The number of halogens is 9. The number of nitrogens with one attached hydrogen (secondary N) is 1. The molecule has 0 bridgehead atoms. The molecule has 0 atom stereocenters. The van der Waals surface area contributed by atoms with Crippen LogP contribution in [0.2, 0.25) is 10.0 Å². The number of amides is 1. The lowest BCUT2D eigenvalue weighted by molar-refractivity contribution is -0.210. The highest BCUT2D eigenvalue weighted by atomic mass is 35.5. The summed E-state index contributed by atoms with van der Waals surface area (Å²) in [7, 11) is 0. The zero-order chi connectivity index (χ0) is 33.7. The minimum Gasteiger partial charge on any atom is -0.487 e. The Morgan fingerprint density at radius 3 is 2.20 bits per heavy atom. The van der Waals surface area contributed by atoms with E-state index >= 15 is 0 Å². The van der Waals surface area contributed by atoms with Gasteiger partial charge >= 0.3 is 6.18 Å².